The number of furan rings is 1. The van der Waals surface area contributed by atoms with Crippen LogP contribution in [0.1, 0.15) is 11.1 Å². The monoisotopic (exact) mass is 232 g/mol. The highest BCUT2D eigenvalue weighted by atomic mass is 16.5. The van der Waals surface area contributed by atoms with Gasteiger partial charge >= 0.3 is 0 Å². The molecule has 4 heteroatoms. The summed E-state index contributed by atoms with van der Waals surface area (Å²) < 4.78 is 10.1. The third kappa shape index (κ3) is 3.01. The number of nitrogens with one attached hydrogen (secondary N) is 1. The number of anilines is 1. The Bertz CT molecular complexity index is 466. The largest absolute Gasteiger partial charge is 0.497 e. The molecule has 4 nitrogen and oxygen atoms in total. The minimum Gasteiger partial charge on any atom is -0.497 e. The molecule has 0 radical (unpaired) electrons. The summed E-state index contributed by atoms with van der Waals surface area (Å²) >= 11 is 0. The Balaban J connectivity index is 1.90. The molecule has 90 valence electrons. The molecule has 1 aromatic heterocycles. The zero-order chi connectivity index (χ0) is 12.1. The maximum atomic E-state index is 5.92. The summed E-state index contributed by atoms with van der Waals surface area (Å²) in [5.41, 5.74) is 8.84. The number of nitrogens with two attached hydrogens (primary N) is 1. The minimum atomic E-state index is 0.723. The average Bonchev–Trinajstić information content (AvgIpc) is 2.84. The van der Waals surface area contributed by atoms with Crippen LogP contribution < -0.4 is 15.8 Å². The molecule has 0 fully saturated rings. The van der Waals surface area contributed by atoms with Crippen LogP contribution in [0.25, 0.3) is 0 Å². The van der Waals surface area contributed by atoms with Crippen LogP contribution in [0.3, 0.4) is 0 Å². The molecule has 0 aliphatic carbocycles. The fourth-order valence-corrected chi connectivity index (χ4v) is 1.60. The number of nitrogen functional groups attached to an aromatic ring is 1. The average molecular weight is 232 g/mol. The van der Waals surface area contributed by atoms with Crippen molar-refractivity contribution in [2.75, 3.05) is 12.8 Å². The zero-order valence-corrected chi connectivity index (χ0v) is 9.77. The fraction of sp³-hybridized carbons (Fsp3) is 0.231. The third-order valence-electron chi connectivity index (χ3n) is 2.58. The molecule has 0 aliphatic rings. The molecule has 1 heterocycles. The van der Waals surface area contributed by atoms with Gasteiger partial charge in [0.2, 0.25) is 0 Å². The van der Waals surface area contributed by atoms with Gasteiger partial charge in [0.15, 0.2) is 0 Å². The lowest BCUT2D eigenvalue weighted by atomic mass is 10.1. The van der Waals surface area contributed by atoms with E-state index in [9.17, 15) is 0 Å². The number of hydrogen-bond donors (Lipinski definition) is 2. The normalized spacial score (nSPS) is 10.4. The Hall–Kier alpha value is -1.94. The van der Waals surface area contributed by atoms with E-state index in [1.54, 1.807) is 19.6 Å². The van der Waals surface area contributed by atoms with Gasteiger partial charge in [-0.15, -0.1) is 0 Å². The van der Waals surface area contributed by atoms with Gasteiger partial charge in [-0.1, -0.05) is 6.07 Å². The highest BCUT2D eigenvalue weighted by molar-refractivity contribution is 5.51. The Morgan fingerprint density at radius 3 is 2.82 bits per heavy atom. The first-order valence-electron chi connectivity index (χ1n) is 5.44. The van der Waals surface area contributed by atoms with Crippen LogP contribution in [-0.2, 0) is 13.1 Å². The Morgan fingerprint density at radius 2 is 2.18 bits per heavy atom. The quantitative estimate of drug-likeness (QED) is 0.775. The van der Waals surface area contributed by atoms with Crippen molar-refractivity contribution in [1.82, 2.24) is 5.32 Å². The number of rotatable bonds is 5. The summed E-state index contributed by atoms with van der Waals surface area (Å²) in [6.07, 6.45) is 3.39. The fourth-order valence-electron chi connectivity index (χ4n) is 1.60. The molecular formula is C13H16N2O2. The van der Waals surface area contributed by atoms with E-state index < -0.39 is 0 Å². The van der Waals surface area contributed by atoms with Gasteiger partial charge in [-0.2, -0.15) is 0 Å². The Kier molecular flexibility index (Phi) is 3.67. The van der Waals surface area contributed by atoms with Gasteiger partial charge in [0.05, 0.1) is 19.6 Å². The molecule has 3 N–H and O–H groups in total. The summed E-state index contributed by atoms with van der Waals surface area (Å²) in [6.45, 7) is 1.49. The van der Waals surface area contributed by atoms with E-state index in [0.29, 0.717) is 0 Å². The van der Waals surface area contributed by atoms with Crippen LogP contribution in [0, 0.1) is 0 Å². The molecule has 0 bridgehead atoms. The van der Waals surface area contributed by atoms with Crippen LogP contribution in [-0.4, -0.2) is 7.11 Å². The van der Waals surface area contributed by atoms with Crippen molar-refractivity contribution in [1.29, 1.82) is 0 Å². The van der Waals surface area contributed by atoms with E-state index in [1.807, 2.05) is 24.3 Å². The molecule has 1 aromatic carbocycles. The predicted octanol–water partition coefficient (Wildman–Crippen LogP) is 2.16. The molecule has 0 atom stereocenters. The van der Waals surface area contributed by atoms with Gasteiger partial charge in [-0.05, 0) is 17.7 Å². The van der Waals surface area contributed by atoms with Crippen molar-refractivity contribution >= 4 is 5.69 Å². The van der Waals surface area contributed by atoms with Crippen LogP contribution in [0.4, 0.5) is 5.69 Å². The van der Waals surface area contributed by atoms with Crippen molar-refractivity contribution < 1.29 is 9.15 Å². The number of benzene rings is 1. The van der Waals surface area contributed by atoms with Gasteiger partial charge in [0, 0.05) is 30.4 Å². The molecule has 2 rings (SSSR count). The first-order chi connectivity index (χ1) is 8.29. The van der Waals surface area contributed by atoms with Gasteiger partial charge < -0.3 is 20.2 Å². The van der Waals surface area contributed by atoms with Crippen molar-refractivity contribution in [3.05, 3.63) is 47.9 Å². The number of hydrogen-bond acceptors (Lipinski definition) is 4. The summed E-state index contributed by atoms with van der Waals surface area (Å²) in [5.74, 6) is 0.779. The molecular weight excluding hydrogens is 216 g/mol. The first-order valence-corrected chi connectivity index (χ1v) is 5.44. The van der Waals surface area contributed by atoms with E-state index in [1.165, 1.54) is 0 Å². The lowest BCUT2D eigenvalue weighted by Crippen LogP contribution is -2.13. The highest BCUT2D eigenvalue weighted by Crippen LogP contribution is 2.19. The van der Waals surface area contributed by atoms with Crippen LogP contribution >= 0.6 is 0 Å². The topological polar surface area (TPSA) is 60.4 Å². The van der Waals surface area contributed by atoms with E-state index in [2.05, 4.69) is 5.32 Å². The molecule has 0 unspecified atom stereocenters. The van der Waals surface area contributed by atoms with E-state index in [0.717, 1.165) is 35.7 Å². The second kappa shape index (κ2) is 5.41. The highest BCUT2D eigenvalue weighted by Gasteiger charge is 2.01. The molecule has 0 aliphatic heterocycles. The molecule has 0 saturated carbocycles. The number of ether oxygens (including phenoxy) is 1. The van der Waals surface area contributed by atoms with Crippen molar-refractivity contribution in [2.45, 2.75) is 13.1 Å². The van der Waals surface area contributed by atoms with Crippen LogP contribution in [0.5, 0.6) is 5.75 Å². The minimum absolute atomic E-state index is 0.723. The van der Waals surface area contributed by atoms with E-state index in [-0.39, 0.29) is 0 Å². The maximum absolute atomic E-state index is 5.92. The van der Waals surface area contributed by atoms with Gasteiger partial charge in [0.25, 0.3) is 0 Å². The summed E-state index contributed by atoms with van der Waals surface area (Å²) in [7, 11) is 1.63. The Morgan fingerprint density at radius 1 is 1.29 bits per heavy atom. The number of methoxy groups -OCH3 is 1. The zero-order valence-electron chi connectivity index (χ0n) is 9.77. The van der Waals surface area contributed by atoms with Crippen LogP contribution in [0.2, 0.25) is 0 Å². The summed E-state index contributed by atoms with van der Waals surface area (Å²) in [5, 5.41) is 3.30. The van der Waals surface area contributed by atoms with Gasteiger partial charge in [0.1, 0.15) is 5.75 Å². The molecule has 0 saturated heterocycles. The molecule has 0 amide bonds. The van der Waals surface area contributed by atoms with Crippen molar-refractivity contribution in [2.24, 2.45) is 0 Å². The smallest absolute Gasteiger partial charge is 0.120 e. The third-order valence-corrected chi connectivity index (χ3v) is 2.58. The maximum Gasteiger partial charge on any atom is 0.120 e. The molecule has 17 heavy (non-hydrogen) atoms. The van der Waals surface area contributed by atoms with Gasteiger partial charge in [-0.25, -0.2) is 0 Å². The molecule has 2 aromatic rings. The van der Waals surface area contributed by atoms with Crippen LogP contribution in [0.15, 0.2) is 41.2 Å². The lowest BCUT2D eigenvalue weighted by molar-refractivity contribution is 0.415. The standard InChI is InChI=1S/C13H16N2O2/c1-16-12-3-2-11(13(14)6-12)8-15-7-10-4-5-17-9-10/h2-6,9,15H,7-8,14H2,1H3. The van der Waals surface area contributed by atoms with Gasteiger partial charge in [-0.3, -0.25) is 0 Å². The Labute approximate surface area is 100 Å². The molecule has 0 spiro atoms. The van der Waals surface area contributed by atoms with Crippen molar-refractivity contribution in [3.63, 3.8) is 0 Å². The van der Waals surface area contributed by atoms with E-state index in [4.69, 9.17) is 14.9 Å². The summed E-state index contributed by atoms with van der Waals surface area (Å²) in [6, 6.07) is 7.64. The second-order valence-corrected chi connectivity index (χ2v) is 3.80. The summed E-state index contributed by atoms with van der Waals surface area (Å²) in [4.78, 5) is 0. The first kappa shape index (κ1) is 11.5. The SMILES string of the molecule is COc1ccc(CNCc2ccoc2)c(N)c1. The predicted molar refractivity (Wildman–Crippen MR) is 66.7 cm³/mol. The lowest BCUT2D eigenvalue weighted by Gasteiger charge is -2.08. The van der Waals surface area contributed by atoms with E-state index >= 15 is 0 Å². The van der Waals surface area contributed by atoms with Crippen molar-refractivity contribution in [3.8, 4) is 5.75 Å². The second-order valence-electron chi connectivity index (χ2n) is 3.80.